The number of hydrogen-bond acceptors (Lipinski definition) is 5. The average Bonchev–Trinajstić information content (AvgIpc) is 2.52. The Morgan fingerprint density at radius 3 is 2.22 bits per heavy atom. The van der Waals surface area contributed by atoms with Crippen LogP contribution < -0.4 is 5.32 Å². The Balaban J connectivity index is 2.26. The van der Waals surface area contributed by atoms with Gasteiger partial charge in [-0.1, -0.05) is 12.1 Å². The molecule has 2 aromatic rings. The highest BCUT2D eigenvalue weighted by molar-refractivity contribution is 6.00. The minimum atomic E-state index is -0.957. The second kappa shape index (κ2) is 7.00. The van der Waals surface area contributed by atoms with Crippen molar-refractivity contribution in [1.82, 2.24) is 15.3 Å². The topological polar surface area (TPSA) is 81.2 Å². The van der Waals surface area contributed by atoms with E-state index in [1.54, 1.807) is 63.4 Å². The molecule has 1 unspecified atom stereocenters. The van der Waals surface area contributed by atoms with Crippen molar-refractivity contribution in [3.63, 3.8) is 0 Å². The predicted octanol–water partition coefficient (Wildman–Crippen LogP) is 2.93. The van der Waals surface area contributed by atoms with Crippen LogP contribution in [0.25, 0.3) is 0 Å². The molecule has 23 heavy (non-hydrogen) atoms. The Hall–Kier alpha value is -2.76. The summed E-state index contributed by atoms with van der Waals surface area (Å²) < 4.78 is 5.23. The molecule has 0 aliphatic rings. The van der Waals surface area contributed by atoms with Gasteiger partial charge in [0.2, 0.25) is 5.78 Å². The minimum absolute atomic E-state index is 0.249. The normalized spacial score (nSPS) is 12.3. The van der Waals surface area contributed by atoms with E-state index in [-0.39, 0.29) is 11.5 Å². The van der Waals surface area contributed by atoms with Crippen molar-refractivity contribution in [2.75, 3.05) is 0 Å². The van der Waals surface area contributed by atoms with Crippen molar-refractivity contribution in [2.45, 2.75) is 32.4 Å². The second-order valence-electron chi connectivity index (χ2n) is 5.91. The lowest BCUT2D eigenvalue weighted by Crippen LogP contribution is -2.38. The largest absolute Gasteiger partial charge is 0.444 e. The maximum atomic E-state index is 12.7. The van der Waals surface area contributed by atoms with Gasteiger partial charge in [0.05, 0.1) is 5.69 Å². The van der Waals surface area contributed by atoms with Gasteiger partial charge < -0.3 is 10.1 Å². The van der Waals surface area contributed by atoms with Crippen LogP contribution in [-0.4, -0.2) is 27.4 Å². The third kappa shape index (κ3) is 4.88. The average molecular weight is 313 g/mol. The second-order valence-corrected chi connectivity index (χ2v) is 5.91. The quantitative estimate of drug-likeness (QED) is 0.878. The molecule has 1 N–H and O–H groups in total. The van der Waals surface area contributed by atoms with Gasteiger partial charge in [0.15, 0.2) is 0 Å². The van der Waals surface area contributed by atoms with Gasteiger partial charge in [-0.05, 0) is 45.0 Å². The number of aromatic nitrogens is 2. The Morgan fingerprint density at radius 2 is 1.70 bits per heavy atom. The van der Waals surface area contributed by atoms with Crippen LogP contribution >= 0.6 is 0 Å². The third-order valence-electron chi connectivity index (χ3n) is 2.82. The van der Waals surface area contributed by atoms with Gasteiger partial charge in [-0.3, -0.25) is 14.8 Å². The summed E-state index contributed by atoms with van der Waals surface area (Å²) in [5.41, 5.74) is 0.0144. The van der Waals surface area contributed by atoms with Gasteiger partial charge >= 0.3 is 6.09 Å². The highest BCUT2D eigenvalue weighted by Crippen LogP contribution is 2.17. The number of carbonyl (C=O) groups is 2. The first-order valence-electron chi connectivity index (χ1n) is 7.22. The zero-order chi connectivity index (χ0) is 16.9. The lowest BCUT2D eigenvalue weighted by molar-refractivity contribution is 0.0489. The van der Waals surface area contributed by atoms with Crippen molar-refractivity contribution < 1.29 is 14.3 Å². The standard InChI is InChI=1S/C17H19N3O3/c1-17(2,3)23-16(22)20-14(12-8-4-6-10-18-12)15(21)13-9-5-7-11-19-13/h4-11,14H,1-3H3,(H,20,22). The van der Waals surface area contributed by atoms with Crippen LogP contribution in [-0.2, 0) is 4.74 Å². The number of pyridine rings is 2. The Morgan fingerprint density at radius 1 is 1.04 bits per heavy atom. The van der Waals surface area contributed by atoms with E-state index in [9.17, 15) is 9.59 Å². The zero-order valence-corrected chi connectivity index (χ0v) is 13.3. The summed E-state index contributed by atoms with van der Waals surface area (Å²) in [6, 6.07) is 9.22. The number of ketones is 1. The van der Waals surface area contributed by atoms with E-state index in [1.807, 2.05) is 0 Å². The minimum Gasteiger partial charge on any atom is -0.444 e. The molecule has 0 radical (unpaired) electrons. The van der Waals surface area contributed by atoms with E-state index < -0.39 is 17.7 Å². The number of rotatable bonds is 4. The van der Waals surface area contributed by atoms with E-state index in [0.717, 1.165) is 0 Å². The van der Waals surface area contributed by atoms with E-state index >= 15 is 0 Å². The van der Waals surface area contributed by atoms with Crippen LogP contribution in [0.1, 0.15) is 43.0 Å². The molecule has 0 aliphatic carbocycles. The van der Waals surface area contributed by atoms with Crippen molar-refractivity contribution >= 4 is 11.9 Å². The number of carbonyl (C=O) groups excluding carboxylic acids is 2. The molecule has 0 spiro atoms. The van der Waals surface area contributed by atoms with Crippen molar-refractivity contribution in [1.29, 1.82) is 0 Å². The molecule has 120 valence electrons. The fraction of sp³-hybridized carbons (Fsp3) is 0.294. The van der Waals surface area contributed by atoms with Gasteiger partial charge in [-0.2, -0.15) is 0 Å². The smallest absolute Gasteiger partial charge is 0.408 e. The maximum absolute atomic E-state index is 12.7. The van der Waals surface area contributed by atoms with Crippen molar-refractivity contribution in [2.24, 2.45) is 0 Å². The summed E-state index contributed by atoms with van der Waals surface area (Å²) in [4.78, 5) is 32.9. The first-order chi connectivity index (χ1) is 10.9. The summed E-state index contributed by atoms with van der Waals surface area (Å²) in [7, 11) is 0. The molecule has 0 saturated carbocycles. The van der Waals surface area contributed by atoms with Crippen LogP contribution in [0.2, 0.25) is 0 Å². The van der Waals surface area contributed by atoms with Crippen LogP contribution in [0.4, 0.5) is 4.79 Å². The highest BCUT2D eigenvalue weighted by atomic mass is 16.6. The van der Waals surface area contributed by atoms with Gasteiger partial charge in [0.25, 0.3) is 0 Å². The van der Waals surface area contributed by atoms with Gasteiger partial charge in [-0.25, -0.2) is 4.79 Å². The van der Waals surface area contributed by atoms with E-state index in [0.29, 0.717) is 5.69 Å². The van der Waals surface area contributed by atoms with Crippen LogP contribution in [0, 0.1) is 0 Å². The zero-order valence-electron chi connectivity index (χ0n) is 13.3. The van der Waals surface area contributed by atoms with Gasteiger partial charge in [-0.15, -0.1) is 0 Å². The fourth-order valence-corrected chi connectivity index (χ4v) is 1.90. The number of Topliss-reactive ketones (excluding diaryl/α,β-unsaturated/α-hetero) is 1. The molecule has 1 amide bonds. The van der Waals surface area contributed by atoms with E-state index in [4.69, 9.17) is 4.74 Å². The molecule has 1 atom stereocenters. The molecular formula is C17H19N3O3. The predicted molar refractivity (Wildman–Crippen MR) is 84.9 cm³/mol. The molecular weight excluding hydrogens is 294 g/mol. The molecule has 2 heterocycles. The third-order valence-corrected chi connectivity index (χ3v) is 2.82. The SMILES string of the molecule is CC(C)(C)OC(=O)NC(C(=O)c1ccccn1)c1ccccn1. The number of alkyl carbamates (subject to hydrolysis) is 1. The summed E-state index contributed by atoms with van der Waals surface area (Å²) in [6.45, 7) is 5.26. The summed E-state index contributed by atoms with van der Waals surface area (Å²) in [5, 5.41) is 2.57. The lowest BCUT2D eigenvalue weighted by Gasteiger charge is -2.22. The molecule has 6 nitrogen and oxygen atoms in total. The monoisotopic (exact) mass is 313 g/mol. The Labute approximate surface area is 134 Å². The Bertz CT molecular complexity index is 666. The maximum Gasteiger partial charge on any atom is 0.408 e. The highest BCUT2D eigenvalue weighted by Gasteiger charge is 2.28. The van der Waals surface area contributed by atoms with Crippen LogP contribution in [0.5, 0.6) is 0 Å². The first kappa shape index (κ1) is 16.6. The van der Waals surface area contributed by atoms with Crippen LogP contribution in [0.15, 0.2) is 48.8 Å². The fourth-order valence-electron chi connectivity index (χ4n) is 1.90. The van der Waals surface area contributed by atoms with Gasteiger partial charge in [0, 0.05) is 12.4 Å². The summed E-state index contributed by atoms with van der Waals surface area (Å²) in [6.07, 6.45) is 2.40. The molecule has 0 aromatic carbocycles. The molecule has 2 rings (SSSR count). The van der Waals surface area contributed by atoms with Crippen LogP contribution in [0.3, 0.4) is 0 Å². The number of ether oxygens (including phenoxy) is 1. The number of hydrogen-bond donors (Lipinski definition) is 1. The number of nitrogens with zero attached hydrogens (tertiary/aromatic N) is 2. The number of nitrogens with one attached hydrogen (secondary N) is 1. The lowest BCUT2D eigenvalue weighted by atomic mass is 10.1. The van der Waals surface area contributed by atoms with Gasteiger partial charge in [0.1, 0.15) is 17.3 Å². The van der Waals surface area contributed by atoms with Crippen molar-refractivity contribution in [3.05, 3.63) is 60.2 Å². The molecule has 2 aromatic heterocycles. The molecule has 0 aliphatic heterocycles. The first-order valence-corrected chi connectivity index (χ1v) is 7.22. The molecule has 0 bridgehead atoms. The van der Waals surface area contributed by atoms with E-state index in [2.05, 4.69) is 15.3 Å². The van der Waals surface area contributed by atoms with Crippen molar-refractivity contribution in [3.8, 4) is 0 Å². The summed E-state index contributed by atoms with van der Waals surface area (Å²) in [5.74, 6) is -0.352. The Kier molecular flexibility index (Phi) is 5.05. The molecule has 0 saturated heterocycles. The number of amides is 1. The van der Waals surface area contributed by atoms with E-state index in [1.165, 1.54) is 6.20 Å². The molecule has 6 heteroatoms. The summed E-state index contributed by atoms with van der Waals surface area (Å²) >= 11 is 0. The molecule has 0 fully saturated rings.